The number of esters is 1. The molecule has 0 aliphatic rings. The minimum atomic E-state index is -0.849. The molecule has 0 saturated carbocycles. The fourth-order valence-corrected chi connectivity index (χ4v) is 3.19. The largest absolute Gasteiger partial charge is 0.454 e. The Morgan fingerprint density at radius 2 is 1.87 bits per heavy atom. The summed E-state index contributed by atoms with van der Waals surface area (Å²) in [6.07, 6.45) is 1.84. The monoisotopic (exact) mass is 431 g/mol. The molecule has 2 rings (SSSR count). The number of anilines is 2. The number of non-ortho nitro benzene ring substituents is 1. The summed E-state index contributed by atoms with van der Waals surface area (Å²) in [5, 5.41) is 13.7. The number of ketones is 1. The lowest BCUT2D eigenvalue weighted by Gasteiger charge is -2.16. The topological polar surface area (TPSA) is 119 Å². The van der Waals surface area contributed by atoms with E-state index in [0.29, 0.717) is 11.4 Å². The van der Waals surface area contributed by atoms with Crippen molar-refractivity contribution in [3.63, 3.8) is 0 Å². The molecule has 158 valence electrons. The molecule has 0 bridgehead atoms. The maximum absolute atomic E-state index is 12.5. The Kier molecular flexibility index (Phi) is 7.54. The number of nitro benzene ring substituents is 1. The van der Waals surface area contributed by atoms with Gasteiger partial charge in [-0.05, 0) is 24.5 Å². The van der Waals surface area contributed by atoms with Gasteiger partial charge in [0.1, 0.15) is 0 Å². The molecule has 0 atom stereocenters. The SMILES string of the molecule is CSc1ccc(C(=O)COC(=O)c2cc([N+](=O)[O-])ccc2N(C)C)cc1NC(C)=O. The van der Waals surface area contributed by atoms with Crippen LogP contribution in [0.15, 0.2) is 41.3 Å². The molecule has 0 heterocycles. The molecule has 0 spiro atoms. The highest BCUT2D eigenvalue weighted by Gasteiger charge is 2.20. The number of nitrogens with zero attached hydrogens (tertiary/aromatic N) is 2. The second kappa shape index (κ2) is 9.88. The third-order valence-corrected chi connectivity index (χ3v) is 4.86. The van der Waals surface area contributed by atoms with Crippen molar-refractivity contribution in [2.75, 3.05) is 37.2 Å². The van der Waals surface area contributed by atoms with Gasteiger partial charge in [0.15, 0.2) is 12.4 Å². The Morgan fingerprint density at radius 1 is 1.17 bits per heavy atom. The first-order chi connectivity index (χ1) is 14.1. The van der Waals surface area contributed by atoms with Crippen LogP contribution in [0.25, 0.3) is 0 Å². The summed E-state index contributed by atoms with van der Waals surface area (Å²) in [4.78, 5) is 49.2. The number of nitro groups is 1. The third-order valence-electron chi connectivity index (χ3n) is 4.06. The van der Waals surface area contributed by atoms with Crippen molar-refractivity contribution in [1.82, 2.24) is 0 Å². The van der Waals surface area contributed by atoms with Crippen molar-refractivity contribution in [2.24, 2.45) is 0 Å². The number of ether oxygens (including phenoxy) is 1. The molecule has 30 heavy (non-hydrogen) atoms. The molecular weight excluding hydrogens is 410 g/mol. The molecule has 0 aliphatic carbocycles. The lowest BCUT2D eigenvalue weighted by molar-refractivity contribution is -0.384. The maximum atomic E-state index is 12.5. The quantitative estimate of drug-likeness (QED) is 0.222. The van der Waals surface area contributed by atoms with Gasteiger partial charge in [-0.15, -0.1) is 11.8 Å². The normalized spacial score (nSPS) is 10.3. The van der Waals surface area contributed by atoms with E-state index in [0.717, 1.165) is 11.0 Å². The molecule has 0 unspecified atom stereocenters. The highest BCUT2D eigenvalue weighted by molar-refractivity contribution is 7.98. The summed E-state index contributed by atoms with van der Waals surface area (Å²) in [7, 11) is 3.36. The van der Waals surface area contributed by atoms with Gasteiger partial charge in [0.2, 0.25) is 5.91 Å². The molecule has 2 aromatic carbocycles. The van der Waals surface area contributed by atoms with Gasteiger partial charge in [-0.25, -0.2) is 4.79 Å². The number of carbonyl (C=O) groups excluding carboxylic acids is 3. The first-order valence-electron chi connectivity index (χ1n) is 8.75. The highest BCUT2D eigenvalue weighted by atomic mass is 32.2. The molecule has 0 aliphatic heterocycles. The molecule has 1 amide bonds. The zero-order valence-electron chi connectivity index (χ0n) is 16.9. The van der Waals surface area contributed by atoms with E-state index in [1.807, 2.05) is 6.26 Å². The number of benzene rings is 2. The van der Waals surface area contributed by atoms with E-state index >= 15 is 0 Å². The van der Waals surface area contributed by atoms with Gasteiger partial charge in [-0.1, -0.05) is 6.07 Å². The summed E-state index contributed by atoms with van der Waals surface area (Å²) in [6.45, 7) is 0.814. The molecule has 0 aromatic heterocycles. The lowest BCUT2D eigenvalue weighted by atomic mass is 10.1. The van der Waals surface area contributed by atoms with Crippen LogP contribution in [0.4, 0.5) is 17.1 Å². The Bertz CT molecular complexity index is 1010. The van der Waals surface area contributed by atoms with Crippen molar-refractivity contribution in [3.8, 4) is 0 Å². The van der Waals surface area contributed by atoms with Gasteiger partial charge >= 0.3 is 5.97 Å². The zero-order chi connectivity index (χ0) is 22.4. The van der Waals surface area contributed by atoms with E-state index < -0.39 is 23.3 Å². The van der Waals surface area contributed by atoms with Crippen molar-refractivity contribution in [1.29, 1.82) is 0 Å². The number of carbonyl (C=O) groups is 3. The van der Waals surface area contributed by atoms with Gasteiger partial charge in [-0.3, -0.25) is 19.7 Å². The Hall–Kier alpha value is -3.40. The second-order valence-electron chi connectivity index (χ2n) is 6.45. The summed E-state index contributed by atoms with van der Waals surface area (Å²) in [5.74, 6) is -1.60. The highest BCUT2D eigenvalue weighted by Crippen LogP contribution is 2.27. The molecule has 9 nitrogen and oxygen atoms in total. The van der Waals surface area contributed by atoms with Crippen LogP contribution in [0.1, 0.15) is 27.6 Å². The van der Waals surface area contributed by atoms with Gasteiger partial charge in [0.05, 0.1) is 21.9 Å². The molecule has 1 N–H and O–H groups in total. The number of hydrogen-bond acceptors (Lipinski definition) is 8. The first-order valence-corrected chi connectivity index (χ1v) is 9.98. The Labute approximate surface area is 177 Å². The van der Waals surface area contributed by atoms with Crippen LogP contribution in [0, 0.1) is 10.1 Å². The number of thioether (sulfide) groups is 1. The van der Waals surface area contributed by atoms with Crippen LogP contribution >= 0.6 is 11.8 Å². The summed E-state index contributed by atoms with van der Waals surface area (Å²) >= 11 is 1.41. The predicted molar refractivity (Wildman–Crippen MR) is 115 cm³/mol. The molecule has 0 radical (unpaired) electrons. The van der Waals surface area contributed by atoms with Crippen molar-refractivity contribution >= 4 is 46.5 Å². The van der Waals surface area contributed by atoms with Crippen molar-refractivity contribution in [3.05, 3.63) is 57.6 Å². The standard InChI is InChI=1S/C20H21N3O6S/c1-12(24)21-16-9-13(5-8-19(16)30-4)18(25)11-29-20(26)15-10-14(23(27)28)6-7-17(15)22(2)3/h5-10H,11H2,1-4H3,(H,21,24). The van der Waals surface area contributed by atoms with Crippen LogP contribution in [0.5, 0.6) is 0 Å². The van der Waals surface area contributed by atoms with E-state index in [-0.39, 0.29) is 22.7 Å². The molecule has 0 saturated heterocycles. The lowest BCUT2D eigenvalue weighted by Crippen LogP contribution is -2.19. The summed E-state index contributed by atoms with van der Waals surface area (Å²) < 4.78 is 5.12. The summed E-state index contributed by atoms with van der Waals surface area (Å²) in [6, 6.07) is 8.62. The number of amides is 1. The van der Waals surface area contributed by atoms with Gasteiger partial charge in [0.25, 0.3) is 5.69 Å². The van der Waals surface area contributed by atoms with Crippen molar-refractivity contribution < 1.29 is 24.0 Å². The Morgan fingerprint density at radius 3 is 2.43 bits per heavy atom. The van der Waals surface area contributed by atoms with Crippen LogP contribution < -0.4 is 10.2 Å². The zero-order valence-corrected chi connectivity index (χ0v) is 17.7. The minimum Gasteiger partial charge on any atom is -0.454 e. The van der Waals surface area contributed by atoms with Crippen LogP contribution in [-0.4, -0.2) is 49.5 Å². The predicted octanol–water partition coefficient (Wildman–Crippen LogP) is 3.38. The van der Waals surface area contributed by atoms with Gasteiger partial charge < -0.3 is 15.0 Å². The molecule has 10 heteroatoms. The fraction of sp³-hybridized carbons (Fsp3) is 0.250. The van der Waals surface area contributed by atoms with E-state index in [4.69, 9.17) is 4.74 Å². The molecule has 2 aromatic rings. The number of nitrogens with one attached hydrogen (secondary N) is 1. The average Bonchev–Trinajstić information content (AvgIpc) is 2.70. The molecular formula is C20H21N3O6S. The Balaban J connectivity index is 2.20. The fourth-order valence-electron chi connectivity index (χ4n) is 2.65. The average molecular weight is 431 g/mol. The third kappa shape index (κ3) is 5.57. The van der Waals surface area contributed by atoms with Gasteiger partial charge in [0, 0.05) is 43.6 Å². The number of Topliss-reactive ketones (excluding diaryl/α,β-unsaturated/α-hetero) is 1. The van der Waals surface area contributed by atoms with Crippen LogP contribution in [0.2, 0.25) is 0 Å². The number of rotatable bonds is 8. The van der Waals surface area contributed by atoms with Gasteiger partial charge in [-0.2, -0.15) is 0 Å². The van der Waals surface area contributed by atoms with Crippen LogP contribution in [-0.2, 0) is 9.53 Å². The van der Waals surface area contributed by atoms with E-state index in [2.05, 4.69) is 5.32 Å². The maximum Gasteiger partial charge on any atom is 0.340 e. The van der Waals surface area contributed by atoms with E-state index in [1.54, 1.807) is 31.1 Å². The van der Waals surface area contributed by atoms with Crippen molar-refractivity contribution in [2.45, 2.75) is 11.8 Å². The van der Waals surface area contributed by atoms with E-state index in [9.17, 15) is 24.5 Å². The smallest absolute Gasteiger partial charge is 0.340 e. The minimum absolute atomic E-state index is 0.0151. The van der Waals surface area contributed by atoms with E-state index in [1.165, 1.54) is 36.9 Å². The molecule has 0 fully saturated rings. The first kappa shape index (κ1) is 22.9. The number of hydrogen-bond donors (Lipinski definition) is 1. The second-order valence-corrected chi connectivity index (χ2v) is 7.30. The van der Waals surface area contributed by atoms with Crippen LogP contribution in [0.3, 0.4) is 0 Å². The summed E-state index contributed by atoms with van der Waals surface area (Å²) in [5.41, 5.74) is 0.900.